The first-order valence-electron chi connectivity index (χ1n) is 6.06. The lowest BCUT2D eigenvalue weighted by atomic mass is 10.3. The average Bonchev–Trinajstić information content (AvgIpc) is 2.47. The van der Waals surface area contributed by atoms with E-state index in [1.807, 2.05) is 0 Å². The second-order valence-corrected chi connectivity index (χ2v) is 5.95. The van der Waals surface area contributed by atoms with Crippen LogP contribution in [0.1, 0.15) is 13.3 Å². The summed E-state index contributed by atoms with van der Waals surface area (Å²) in [6.07, 6.45) is 0.166. The number of amidine groups is 1. The Kier molecular flexibility index (Phi) is 5.78. The quantitative estimate of drug-likeness (QED) is 0.336. The highest BCUT2D eigenvalue weighted by molar-refractivity contribution is 7.89. The van der Waals surface area contributed by atoms with Gasteiger partial charge in [0.1, 0.15) is 11.6 Å². The SMILES string of the molecule is CCN(CCC(N)=NO)S(=O)(=O)c1ccc(OC)cc1. The molecule has 112 valence electrons. The van der Waals surface area contributed by atoms with Gasteiger partial charge in [-0.05, 0) is 24.3 Å². The van der Waals surface area contributed by atoms with E-state index in [1.54, 1.807) is 19.1 Å². The minimum absolute atomic E-state index is 0.00613. The molecule has 8 heteroatoms. The molecule has 0 atom stereocenters. The highest BCUT2D eigenvalue weighted by Gasteiger charge is 2.22. The first kappa shape index (κ1) is 16.3. The Hall–Kier alpha value is -1.80. The number of hydrogen-bond acceptors (Lipinski definition) is 5. The minimum Gasteiger partial charge on any atom is -0.497 e. The van der Waals surface area contributed by atoms with E-state index in [9.17, 15) is 8.42 Å². The third-order valence-electron chi connectivity index (χ3n) is 2.80. The first-order chi connectivity index (χ1) is 9.45. The molecule has 1 aromatic rings. The molecule has 0 aliphatic heterocycles. The molecule has 0 aliphatic rings. The van der Waals surface area contributed by atoms with Crippen molar-refractivity contribution in [2.45, 2.75) is 18.2 Å². The zero-order valence-corrected chi connectivity index (χ0v) is 12.3. The summed E-state index contributed by atoms with van der Waals surface area (Å²) in [5, 5.41) is 11.3. The standard InChI is InChI=1S/C12H19N3O4S/c1-3-15(9-8-12(13)14-16)20(17,18)11-6-4-10(19-2)5-7-11/h4-7,16H,3,8-9H2,1-2H3,(H2,13,14). The fraction of sp³-hybridized carbons (Fsp3) is 0.417. The van der Waals surface area contributed by atoms with Crippen LogP contribution in [0, 0.1) is 0 Å². The van der Waals surface area contributed by atoms with Gasteiger partial charge in [-0.3, -0.25) is 0 Å². The molecule has 0 heterocycles. The van der Waals surface area contributed by atoms with Crippen molar-refractivity contribution in [1.82, 2.24) is 4.31 Å². The number of nitrogens with two attached hydrogens (primary N) is 1. The van der Waals surface area contributed by atoms with Gasteiger partial charge in [0.05, 0.1) is 12.0 Å². The predicted molar refractivity (Wildman–Crippen MR) is 75.5 cm³/mol. The van der Waals surface area contributed by atoms with E-state index in [2.05, 4.69) is 5.16 Å². The van der Waals surface area contributed by atoms with Crippen molar-refractivity contribution in [2.24, 2.45) is 10.9 Å². The Balaban J connectivity index is 2.93. The van der Waals surface area contributed by atoms with Crippen molar-refractivity contribution in [2.75, 3.05) is 20.2 Å². The number of benzene rings is 1. The van der Waals surface area contributed by atoms with Crippen LogP contribution in [-0.2, 0) is 10.0 Å². The fourth-order valence-electron chi connectivity index (χ4n) is 1.63. The Morgan fingerprint density at radius 2 is 2.00 bits per heavy atom. The van der Waals surface area contributed by atoms with Crippen molar-refractivity contribution in [3.05, 3.63) is 24.3 Å². The van der Waals surface area contributed by atoms with Gasteiger partial charge in [-0.25, -0.2) is 8.42 Å². The van der Waals surface area contributed by atoms with Crippen LogP contribution in [0.3, 0.4) is 0 Å². The molecule has 0 spiro atoms. The molecular formula is C12H19N3O4S. The largest absolute Gasteiger partial charge is 0.497 e. The van der Waals surface area contributed by atoms with Crippen LogP contribution in [-0.4, -0.2) is 44.0 Å². The van der Waals surface area contributed by atoms with E-state index in [1.165, 1.54) is 23.5 Å². The van der Waals surface area contributed by atoms with Gasteiger partial charge in [0.2, 0.25) is 10.0 Å². The number of rotatable bonds is 7. The minimum atomic E-state index is -3.59. The van der Waals surface area contributed by atoms with Crippen LogP contribution in [0.2, 0.25) is 0 Å². The van der Waals surface area contributed by atoms with E-state index >= 15 is 0 Å². The number of sulfonamides is 1. The van der Waals surface area contributed by atoms with Gasteiger partial charge in [-0.1, -0.05) is 12.1 Å². The highest BCUT2D eigenvalue weighted by Crippen LogP contribution is 2.19. The monoisotopic (exact) mass is 301 g/mol. The molecule has 7 nitrogen and oxygen atoms in total. The molecule has 0 bridgehead atoms. The molecule has 1 rings (SSSR count). The van der Waals surface area contributed by atoms with Gasteiger partial charge >= 0.3 is 0 Å². The van der Waals surface area contributed by atoms with E-state index < -0.39 is 10.0 Å². The molecule has 20 heavy (non-hydrogen) atoms. The van der Waals surface area contributed by atoms with Gasteiger partial charge in [0.15, 0.2) is 0 Å². The maximum Gasteiger partial charge on any atom is 0.243 e. The first-order valence-corrected chi connectivity index (χ1v) is 7.50. The molecule has 0 aromatic heterocycles. The average molecular weight is 301 g/mol. The van der Waals surface area contributed by atoms with Gasteiger partial charge in [-0.15, -0.1) is 0 Å². The van der Waals surface area contributed by atoms with E-state index in [-0.39, 0.29) is 23.7 Å². The molecule has 0 aliphatic carbocycles. The number of ether oxygens (including phenoxy) is 1. The summed E-state index contributed by atoms with van der Waals surface area (Å²) in [6.45, 7) is 2.18. The second kappa shape index (κ2) is 7.11. The van der Waals surface area contributed by atoms with Crippen molar-refractivity contribution in [3.8, 4) is 5.75 Å². The van der Waals surface area contributed by atoms with Gasteiger partial charge < -0.3 is 15.7 Å². The fourth-order valence-corrected chi connectivity index (χ4v) is 3.08. The Labute approximate surface area is 118 Å². The van der Waals surface area contributed by atoms with E-state index in [0.717, 1.165) is 0 Å². The normalized spacial score (nSPS) is 12.7. The van der Waals surface area contributed by atoms with Crippen molar-refractivity contribution in [3.63, 3.8) is 0 Å². The molecular weight excluding hydrogens is 282 g/mol. The molecule has 0 saturated carbocycles. The maximum atomic E-state index is 12.4. The third kappa shape index (κ3) is 3.84. The lowest BCUT2D eigenvalue weighted by Gasteiger charge is -2.20. The van der Waals surface area contributed by atoms with Crippen LogP contribution < -0.4 is 10.5 Å². The molecule has 3 N–H and O–H groups in total. The molecule has 0 amide bonds. The maximum absolute atomic E-state index is 12.4. The van der Waals surface area contributed by atoms with Crippen LogP contribution in [0.15, 0.2) is 34.3 Å². The number of hydrogen-bond donors (Lipinski definition) is 2. The summed E-state index contributed by atoms with van der Waals surface area (Å²) in [6, 6.07) is 6.15. The number of methoxy groups -OCH3 is 1. The lowest BCUT2D eigenvalue weighted by Crippen LogP contribution is -2.34. The summed E-state index contributed by atoms with van der Waals surface area (Å²) >= 11 is 0. The number of nitrogens with zero attached hydrogens (tertiary/aromatic N) is 2. The molecule has 0 fully saturated rings. The smallest absolute Gasteiger partial charge is 0.243 e. The Morgan fingerprint density at radius 1 is 1.40 bits per heavy atom. The highest BCUT2D eigenvalue weighted by atomic mass is 32.2. The number of oxime groups is 1. The summed E-state index contributed by atoms with van der Waals surface area (Å²) in [5.74, 6) is 0.581. The zero-order valence-electron chi connectivity index (χ0n) is 11.5. The van der Waals surface area contributed by atoms with Crippen LogP contribution in [0.4, 0.5) is 0 Å². The van der Waals surface area contributed by atoms with Crippen molar-refractivity contribution < 1.29 is 18.4 Å². The molecule has 0 saturated heterocycles. The van der Waals surface area contributed by atoms with E-state index in [4.69, 9.17) is 15.7 Å². The lowest BCUT2D eigenvalue weighted by molar-refractivity contribution is 0.315. The zero-order chi connectivity index (χ0) is 15.2. The third-order valence-corrected chi connectivity index (χ3v) is 4.78. The second-order valence-electron chi connectivity index (χ2n) is 4.01. The Morgan fingerprint density at radius 3 is 2.45 bits per heavy atom. The van der Waals surface area contributed by atoms with Gasteiger partial charge in [0.25, 0.3) is 0 Å². The van der Waals surface area contributed by atoms with Crippen LogP contribution in [0.25, 0.3) is 0 Å². The Bertz CT molecular complexity index is 555. The van der Waals surface area contributed by atoms with Crippen molar-refractivity contribution >= 4 is 15.9 Å². The van der Waals surface area contributed by atoms with E-state index in [0.29, 0.717) is 12.3 Å². The summed E-state index contributed by atoms with van der Waals surface area (Å²) in [7, 11) is -2.08. The van der Waals surface area contributed by atoms with Gasteiger partial charge in [-0.2, -0.15) is 4.31 Å². The summed E-state index contributed by atoms with van der Waals surface area (Å²) in [4.78, 5) is 0.180. The molecule has 0 radical (unpaired) electrons. The summed E-state index contributed by atoms with van der Waals surface area (Å²) in [5.41, 5.74) is 5.36. The van der Waals surface area contributed by atoms with Crippen LogP contribution >= 0.6 is 0 Å². The summed E-state index contributed by atoms with van der Waals surface area (Å²) < 4.78 is 31.1. The topological polar surface area (TPSA) is 105 Å². The molecule has 0 unspecified atom stereocenters. The molecule has 1 aromatic carbocycles. The van der Waals surface area contributed by atoms with Crippen LogP contribution in [0.5, 0.6) is 5.75 Å². The van der Waals surface area contributed by atoms with Crippen molar-refractivity contribution in [1.29, 1.82) is 0 Å². The van der Waals surface area contributed by atoms with Gasteiger partial charge in [0, 0.05) is 19.5 Å². The predicted octanol–water partition coefficient (Wildman–Crippen LogP) is 0.842.